The van der Waals surface area contributed by atoms with Crippen LogP contribution in [0.15, 0.2) is 12.1 Å². The van der Waals surface area contributed by atoms with E-state index < -0.39 is 10.0 Å². The van der Waals surface area contributed by atoms with Crippen molar-refractivity contribution in [2.75, 3.05) is 30.9 Å². The Hall–Kier alpha value is -1.25. The van der Waals surface area contributed by atoms with Crippen LogP contribution in [0.1, 0.15) is 25.5 Å². The van der Waals surface area contributed by atoms with Gasteiger partial charge in [0.1, 0.15) is 0 Å². The van der Waals surface area contributed by atoms with Crippen molar-refractivity contribution in [2.24, 2.45) is 0 Å². The summed E-state index contributed by atoms with van der Waals surface area (Å²) in [6.45, 7) is 5.11. The number of nitrogens with zero attached hydrogens (tertiary/aromatic N) is 3. The third-order valence-corrected chi connectivity index (χ3v) is 5.33. The Kier molecular flexibility index (Phi) is 5.71. The normalized spacial score (nSPS) is 20.9. The van der Waals surface area contributed by atoms with Gasteiger partial charge >= 0.3 is 0 Å². The van der Waals surface area contributed by atoms with Gasteiger partial charge < -0.3 is 9.64 Å². The number of hydrogen-bond donors (Lipinski definition) is 1. The number of anilines is 1. The number of hydrogen-bond acceptors (Lipinski definition) is 6. The van der Waals surface area contributed by atoms with Gasteiger partial charge in [-0.25, -0.2) is 13.1 Å². The van der Waals surface area contributed by atoms with Gasteiger partial charge in [-0.05, 0) is 38.8 Å². The minimum absolute atomic E-state index is 0.0235. The van der Waals surface area contributed by atoms with Crippen molar-refractivity contribution in [3.63, 3.8) is 0 Å². The molecule has 0 aliphatic carbocycles. The van der Waals surface area contributed by atoms with Crippen molar-refractivity contribution < 1.29 is 13.2 Å². The van der Waals surface area contributed by atoms with Gasteiger partial charge in [0.05, 0.1) is 17.6 Å². The van der Waals surface area contributed by atoms with Gasteiger partial charge in [-0.1, -0.05) is 0 Å². The van der Waals surface area contributed by atoms with Crippen LogP contribution in [0, 0.1) is 6.92 Å². The van der Waals surface area contributed by atoms with Crippen LogP contribution >= 0.6 is 0 Å². The molecule has 1 saturated heterocycles. The summed E-state index contributed by atoms with van der Waals surface area (Å²) in [5, 5.41) is 8.23. The minimum Gasteiger partial charge on any atom is -0.381 e. The van der Waals surface area contributed by atoms with Crippen molar-refractivity contribution >= 4 is 15.8 Å². The maximum absolute atomic E-state index is 12.1. The van der Waals surface area contributed by atoms with Crippen molar-refractivity contribution in [3.05, 3.63) is 17.8 Å². The molecule has 8 heteroatoms. The zero-order chi connectivity index (χ0) is 16.2. The molecule has 0 saturated carbocycles. The number of methoxy groups -OCH3 is 1. The van der Waals surface area contributed by atoms with E-state index in [4.69, 9.17) is 4.74 Å². The van der Waals surface area contributed by atoms with Crippen molar-refractivity contribution in [1.82, 2.24) is 14.9 Å². The van der Waals surface area contributed by atoms with Gasteiger partial charge in [-0.2, -0.15) is 5.10 Å². The highest BCUT2D eigenvalue weighted by Crippen LogP contribution is 2.17. The van der Waals surface area contributed by atoms with E-state index in [1.807, 2.05) is 19.1 Å². The highest BCUT2D eigenvalue weighted by atomic mass is 32.2. The Morgan fingerprint density at radius 1 is 1.45 bits per heavy atom. The van der Waals surface area contributed by atoms with Crippen LogP contribution < -0.4 is 9.62 Å². The number of ether oxygens (including phenoxy) is 1. The molecule has 0 spiro atoms. The highest BCUT2D eigenvalue weighted by Gasteiger charge is 2.26. The first-order valence-corrected chi connectivity index (χ1v) is 9.13. The van der Waals surface area contributed by atoms with Crippen molar-refractivity contribution in [3.8, 4) is 0 Å². The average Bonchev–Trinajstić information content (AvgIpc) is 2.47. The fourth-order valence-corrected chi connectivity index (χ4v) is 4.07. The van der Waals surface area contributed by atoms with E-state index in [0.717, 1.165) is 30.9 Å². The number of sulfonamides is 1. The lowest BCUT2D eigenvalue weighted by Gasteiger charge is -2.33. The fraction of sp³-hybridized carbons (Fsp3) is 0.714. The summed E-state index contributed by atoms with van der Waals surface area (Å²) in [6.07, 6.45) is 1.43. The topological polar surface area (TPSA) is 84.4 Å². The Morgan fingerprint density at radius 3 is 2.86 bits per heavy atom. The molecule has 2 rings (SSSR count). The summed E-state index contributed by atoms with van der Waals surface area (Å²) in [6, 6.07) is 3.73. The van der Waals surface area contributed by atoms with E-state index in [0.29, 0.717) is 6.54 Å². The molecule has 0 unspecified atom stereocenters. The second-order valence-electron chi connectivity index (χ2n) is 5.76. The molecule has 1 aliphatic heterocycles. The Bertz CT molecular complexity index is 576. The lowest BCUT2D eigenvalue weighted by Crippen LogP contribution is -2.49. The van der Waals surface area contributed by atoms with E-state index in [9.17, 15) is 8.42 Å². The maximum Gasteiger partial charge on any atom is 0.214 e. The molecule has 7 nitrogen and oxygen atoms in total. The summed E-state index contributed by atoms with van der Waals surface area (Å²) < 4.78 is 32.0. The first-order valence-electron chi connectivity index (χ1n) is 7.47. The standard InChI is InChI=1S/C14H24N4O3S/c1-11-6-7-14(16-15-11)18-8-4-5-13(9-18)17-22(19,20)10-12(2)21-3/h6-7,12-13,17H,4-5,8-10H2,1-3H3/t12-,13-/m1/s1. The summed E-state index contributed by atoms with van der Waals surface area (Å²) >= 11 is 0. The molecule has 2 heterocycles. The van der Waals surface area contributed by atoms with E-state index in [1.165, 1.54) is 7.11 Å². The Labute approximate surface area is 132 Å². The first kappa shape index (κ1) is 17.1. The predicted molar refractivity (Wildman–Crippen MR) is 85.4 cm³/mol. The van der Waals surface area contributed by atoms with Crippen LogP contribution in [0.3, 0.4) is 0 Å². The monoisotopic (exact) mass is 328 g/mol. The summed E-state index contributed by atoms with van der Waals surface area (Å²) in [5.41, 5.74) is 0.867. The lowest BCUT2D eigenvalue weighted by molar-refractivity contribution is 0.136. The van der Waals surface area contributed by atoms with Gasteiger partial charge in [0, 0.05) is 26.2 Å². The summed E-state index contributed by atoms with van der Waals surface area (Å²) in [5.74, 6) is 0.768. The zero-order valence-electron chi connectivity index (χ0n) is 13.3. The largest absolute Gasteiger partial charge is 0.381 e. The molecule has 1 aliphatic rings. The van der Waals surface area contributed by atoms with Crippen LogP contribution in [-0.4, -0.2) is 56.7 Å². The van der Waals surface area contributed by atoms with Crippen LogP contribution in [-0.2, 0) is 14.8 Å². The SMILES string of the molecule is CO[C@H](C)CS(=O)(=O)N[C@@H]1CCCN(c2ccc(C)nn2)C1. The van der Waals surface area contributed by atoms with Crippen molar-refractivity contribution in [2.45, 2.75) is 38.8 Å². The smallest absolute Gasteiger partial charge is 0.214 e. The Balaban J connectivity index is 1.97. The molecule has 2 atom stereocenters. The molecule has 1 aromatic rings. The second kappa shape index (κ2) is 7.34. The Morgan fingerprint density at radius 2 is 2.23 bits per heavy atom. The van der Waals surface area contributed by atoms with Crippen LogP contribution in [0.2, 0.25) is 0 Å². The maximum atomic E-state index is 12.1. The number of rotatable bonds is 6. The third-order valence-electron chi connectivity index (χ3n) is 3.73. The fourth-order valence-electron chi connectivity index (χ4n) is 2.52. The molecule has 0 aromatic carbocycles. The first-order chi connectivity index (χ1) is 10.4. The van der Waals surface area contributed by atoms with Crippen LogP contribution in [0.25, 0.3) is 0 Å². The molecule has 124 valence electrons. The third kappa shape index (κ3) is 4.89. The van der Waals surface area contributed by atoms with Crippen LogP contribution in [0.4, 0.5) is 5.82 Å². The predicted octanol–water partition coefficient (Wildman–Crippen LogP) is 0.708. The zero-order valence-corrected chi connectivity index (χ0v) is 14.1. The molecule has 1 fully saturated rings. The van der Waals surface area contributed by atoms with Gasteiger partial charge in [0.2, 0.25) is 10.0 Å². The minimum atomic E-state index is -3.34. The number of aromatic nitrogens is 2. The molecule has 0 bridgehead atoms. The van der Waals surface area contributed by atoms with Crippen LogP contribution in [0.5, 0.6) is 0 Å². The lowest BCUT2D eigenvalue weighted by atomic mass is 10.1. The van der Waals surface area contributed by atoms with Gasteiger partial charge in [0.15, 0.2) is 5.82 Å². The summed E-state index contributed by atoms with van der Waals surface area (Å²) in [4.78, 5) is 2.07. The molecule has 1 N–H and O–H groups in total. The van der Waals surface area contributed by atoms with Crippen molar-refractivity contribution in [1.29, 1.82) is 0 Å². The van der Waals surface area contributed by atoms with E-state index in [1.54, 1.807) is 6.92 Å². The highest BCUT2D eigenvalue weighted by molar-refractivity contribution is 7.89. The van der Waals surface area contributed by atoms with Gasteiger partial charge in [0.25, 0.3) is 0 Å². The number of nitrogens with one attached hydrogen (secondary N) is 1. The molecule has 0 radical (unpaired) electrons. The number of aryl methyl sites for hydroxylation is 1. The molecular formula is C14H24N4O3S. The van der Waals surface area contributed by atoms with E-state index in [-0.39, 0.29) is 17.9 Å². The molecule has 22 heavy (non-hydrogen) atoms. The van der Waals surface area contributed by atoms with E-state index >= 15 is 0 Å². The quantitative estimate of drug-likeness (QED) is 0.828. The summed E-state index contributed by atoms with van der Waals surface area (Å²) in [7, 11) is -1.83. The van der Waals surface area contributed by atoms with E-state index in [2.05, 4.69) is 19.8 Å². The molecular weight excluding hydrogens is 304 g/mol. The molecule has 0 amide bonds. The van der Waals surface area contributed by atoms with Gasteiger partial charge in [-0.15, -0.1) is 5.10 Å². The second-order valence-corrected chi connectivity index (χ2v) is 7.56. The molecule has 1 aromatic heterocycles. The number of piperidine rings is 1. The average molecular weight is 328 g/mol. The van der Waals surface area contributed by atoms with Gasteiger partial charge in [-0.3, -0.25) is 0 Å².